The predicted molar refractivity (Wildman–Crippen MR) is 80.0 cm³/mol. The van der Waals surface area contributed by atoms with Gasteiger partial charge in [-0.25, -0.2) is 0 Å². The van der Waals surface area contributed by atoms with Crippen LogP contribution in [0.1, 0.15) is 12.5 Å². The van der Waals surface area contributed by atoms with Crippen LogP contribution in [0.4, 0.5) is 5.69 Å². The normalized spacial score (nSPS) is 23.4. The minimum atomic E-state index is -0.429. The molecule has 1 aromatic carbocycles. The lowest BCUT2D eigenvalue weighted by Gasteiger charge is -2.22. The second-order valence-electron chi connectivity index (χ2n) is 5.75. The third kappa shape index (κ3) is 3.29. The third-order valence-corrected chi connectivity index (χ3v) is 4.24. The summed E-state index contributed by atoms with van der Waals surface area (Å²) in [6, 6.07) is 5.59. The highest BCUT2D eigenvalue weighted by molar-refractivity contribution is 6.32. The van der Waals surface area contributed by atoms with Gasteiger partial charge in [0.2, 0.25) is 0 Å². The first-order chi connectivity index (χ1) is 9.38. The second-order valence-corrected chi connectivity index (χ2v) is 6.15. The Bertz CT molecular complexity index is 507. The smallest absolute Gasteiger partial charge is 0.288 e. The quantitative estimate of drug-likeness (QED) is 0.633. The minimum Gasteiger partial charge on any atom is -0.305 e. The SMILES string of the molecule is CC1CN(Cc2ccc(Cl)c([N+](=O)[O-])c2)CC1N(C)C. The molecule has 110 valence electrons. The molecule has 0 saturated carbocycles. The Labute approximate surface area is 124 Å². The van der Waals surface area contributed by atoms with Gasteiger partial charge in [0.1, 0.15) is 5.02 Å². The molecule has 0 aliphatic carbocycles. The lowest BCUT2D eigenvalue weighted by Crippen LogP contribution is -2.34. The third-order valence-electron chi connectivity index (χ3n) is 3.93. The van der Waals surface area contributed by atoms with Gasteiger partial charge >= 0.3 is 0 Å². The topological polar surface area (TPSA) is 49.6 Å². The molecule has 1 saturated heterocycles. The maximum absolute atomic E-state index is 10.9. The molecule has 1 fully saturated rings. The van der Waals surface area contributed by atoms with E-state index < -0.39 is 4.92 Å². The molecule has 1 aliphatic heterocycles. The van der Waals surface area contributed by atoms with Gasteiger partial charge in [0.15, 0.2) is 0 Å². The highest BCUT2D eigenvalue weighted by atomic mass is 35.5. The van der Waals surface area contributed by atoms with Crippen molar-refractivity contribution in [2.45, 2.75) is 19.5 Å². The van der Waals surface area contributed by atoms with Crippen molar-refractivity contribution >= 4 is 17.3 Å². The molecule has 2 rings (SSSR count). The molecule has 0 N–H and O–H groups in total. The van der Waals surface area contributed by atoms with Gasteiger partial charge in [-0.05, 0) is 31.6 Å². The Hall–Kier alpha value is -1.17. The number of nitro groups is 1. The van der Waals surface area contributed by atoms with Gasteiger partial charge < -0.3 is 4.90 Å². The van der Waals surface area contributed by atoms with Crippen molar-refractivity contribution in [3.05, 3.63) is 38.9 Å². The van der Waals surface area contributed by atoms with Crippen molar-refractivity contribution in [2.75, 3.05) is 27.2 Å². The van der Waals surface area contributed by atoms with Crippen molar-refractivity contribution in [2.24, 2.45) is 5.92 Å². The van der Waals surface area contributed by atoms with Crippen LogP contribution < -0.4 is 0 Å². The van der Waals surface area contributed by atoms with Gasteiger partial charge in [-0.2, -0.15) is 0 Å². The summed E-state index contributed by atoms with van der Waals surface area (Å²) in [4.78, 5) is 15.1. The summed E-state index contributed by atoms with van der Waals surface area (Å²) in [5.74, 6) is 0.604. The number of benzene rings is 1. The Morgan fingerprint density at radius 1 is 1.45 bits per heavy atom. The van der Waals surface area contributed by atoms with Crippen LogP contribution in [-0.4, -0.2) is 47.9 Å². The summed E-state index contributed by atoms with van der Waals surface area (Å²) in [6.45, 7) is 4.98. The average Bonchev–Trinajstić information content (AvgIpc) is 2.72. The van der Waals surface area contributed by atoms with Gasteiger partial charge in [-0.1, -0.05) is 24.6 Å². The van der Waals surface area contributed by atoms with Crippen molar-refractivity contribution in [3.63, 3.8) is 0 Å². The molecular formula is C14H20ClN3O2. The van der Waals surface area contributed by atoms with Crippen LogP contribution in [0.5, 0.6) is 0 Å². The molecule has 2 unspecified atom stereocenters. The molecule has 0 spiro atoms. The number of hydrogen-bond donors (Lipinski definition) is 0. The van der Waals surface area contributed by atoms with Crippen molar-refractivity contribution in [3.8, 4) is 0 Å². The van der Waals surface area contributed by atoms with Crippen LogP contribution >= 0.6 is 11.6 Å². The lowest BCUT2D eigenvalue weighted by molar-refractivity contribution is -0.384. The Morgan fingerprint density at radius 3 is 2.70 bits per heavy atom. The van der Waals surface area contributed by atoms with Crippen LogP contribution in [-0.2, 0) is 6.54 Å². The number of hydrogen-bond acceptors (Lipinski definition) is 4. The van der Waals surface area contributed by atoms with Crippen molar-refractivity contribution < 1.29 is 4.92 Å². The molecule has 1 heterocycles. The van der Waals surface area contributed by atoms with Crippen LogP contribution in [0, 0.1) is 16.0 Å². The van der Waals surface area contributed by atoms with Crippen molar-refractivity contribution in [1.29, 1.82) is 0 Å². The molecule has 0 bridgehead atoms. The number of nitrogens with zero attached hydrogens (tertiary/aromatic N) is 3. The summed E-state index contributed by atoms with van der Waals surface area (Å²) in [5.41, 5.74) is 0.924. The standard InChI is InChI=1S/C14H20ClN3O2/c1-10-7-17(9-14(10)16(2)3)8-11-4-5-12(15)13(6-11)18(19)20/h4-6,10,14H,7-9H2,1-3H3. The molecule has 0 aromatic heterocycles. The summed E-state index contributed by atoms with van der Waals surface area (Å²) in [6.07, 6.45) is 0. The fourth-order valence-electron chi connectivity index (χ4n) is 2.90. The molecular weight excluding hydrogens is 278 g/mol. The fourth-order valence-corrected chi connectivity index (χ4v) is 3.09. The number of rotatable bonds is 4. The van der Waals surface area contributed by atoms with Crippen molar-refractivity contribution in [1.82, 2.24) is 9.80 Å². The fraction of sp³-hybridized carbons (Fsp3) is 0.571. The zero-order chi connectivity index (χ0) is 14.9. The number of halogens is 1. The summed E-state index contributed by atoms with van der Waals surface area (Å²) < 4.78 is 0. The first-order valence-corrected chi connectivity index (χ1v) is 7.08. The highest BCUT2D eigenvalue weighted by Crippen LogP contribution is 2.27. The molecule has 0 radical (unpaired) electrons. The largest absolute Gasteiger partial charge is 0.305 e. The summed E-state index contributed by atoms with van der Waals surface area (Å²) in [7, 11) is 4.19. The van der Waals surface area contributed by atoms with Gasteiger partial charge in [-0.15, -0.1) is 0 Å². The van der Waals surface area contributed by atoms with Gasteiger partial charge in [-0.3, -0.25) is 15.0 Å². The molecule has 0 amide bonds. The highest BCUT2D eigenvalue weighted by Gasteiger charge is 2.30. The molecule has 6 heteroatoms. The number of likely N-dealkylation sites (tertiary alicyclic amines) is 1. The Kier molecular flexibility index (Phi) is 4.62. The van der Waals surface area contributed by atoms with Crippen LogP contribution in [0.2, 0.25) is 5.02 Å². The monoisotopic (exact) mass is 297 g/mol. The Morgan fingerprint density at radius 2 is 2.15 bits per heavy atom. The average molecular weight is 298 g/mol. The van der Waals surface area contributed by atoms with Crippen LogP contribution in [0.3, 0.4) is 0 Å². The van der Waals surface area contributed by atoms with E-state index in [1.807, 2.05) is 6.07 Å². The predicted octanol–water partition coefficient (Wildman–Crippen LogP) is 2.63. The Balaban J connectivity index is 2.08. The molecule has 5 nitrogen and oxygen atoms in total. The molecule has 1 aliphatic rings. The summed E-state index contributed by atoms with van der Waals surface area (Å²) in [5, 5.41) is 11.1. The minimum absolute atomic E-state index is 0.0134. The van der Waals surface area contributed by atoms with E-state index >= 15 is 0 Å². The first kappa shape index (κ1) is 15.2. The first-order valence-electron chi connectivity index (χ1n) is 6.70. The second kappa shape index (κ2) is 6.08. The van der Waals surface area contributed by atoms with Gasteiger partial charge in [0, 0.05) is 31.7 Å². The zero-order valence-electron chi connectivity index (χ0n) is 12.0. The lowest BCUT2D eigenvalue weighted by atomic mass is 10.1. The molecule has 2 atom stereocenters. The van der Waals surface area contributed by atoms with E-state index in [-0.39, 0.29) is 10.7 Å². The number of nitro benzene ring substituents is 1. The van der Waals surface area contributed by atoms with E-state index in [4.69, 9.17) is 11.6 Å². The molecule has 20 heavy (non-hydrogen) atoms. The maximum Gasteiger partial charge on any atom is 0.288 e. The van der Waals surface area contributed by atoms with Gasteiger partial charge in [0.05, 0.1) is 4.92 Å². The molecule has 1 aromatic rings. The van der Waals surface area contributed by atoms with E-state index in [0.29, 0.717) is 12.0 Å². The van der Waals surface area contributed by atoms with E-state index in [0.717, 1.165) is 25.2 Å². The zero-order valence-corrected chi connectivity index (χ0v) is 12.8. The van der Waals surface area contributed by atoms with E-state index in [1.165, 1.54) is 0 Å². The van der Waals surface area contributed by atoms with Crippen LogP contribution in [0.25, 0.3) is 0 Å². The van der Waals surface area contributed by atoms with E-state index in [2.05, 4.69) is 30.8 Å². The maximum atomic E-state index is 10.9. The van der Waals surface area contributed by atoms with Gasteiger partial charge in [0.25, 0.3) is 5.69 Å². The van der Waals surface area contributed by atoms with Crippen LogP contribution in [0.15, 0.2) is 18.2 Å². The summed E-state index contributed by atoms with van der Waals surface area (Å²) >= 11 is 5.83. The van der Waals surface area contributed by atoms with E-state index in [1.54, 1.807) is 12.1 Å². The van der Waals surface area contributed by atoms with E-state index in [9.17, 15) is 10.1 Å². The number of likely N-dealkylation sites (N-methyl/N-ethyl adjacent to an activating group) is 1.